The first-order chi connectivity index (χ1) is 11.7. The molecule has 8 heteroatoms. The lowest BCUT2D eigenvalue weighted by molar-refractivity contribution is 0.446. The number of hydrogen-bond acceptors (Lipinski definition) is 7. The monoisotopic (exact) mass is 340 g/mol. The Labute approximate surface area is 140 Å². The molecular weight excluding hydrogens is 328 g/mol. The number of rotatable bonds is 4. The molecule has 1 N–H and O–H groups in total. The lowest BCUT2D eigenvalue weighted by Crippen LogP contribution is -2.12. The van der Waals surface area contributed by atoms with Gasteiger partial charge in [0.2, 0.25) is 0 Å². The molecule has 1 aromatic carbocycles. The summed E-state index contributed by atoms with van der Waals surface area (Å²) in [7, 11) is 0. The highest BCUT2D eigenvalue weighted by molar-refractivity contribution is 7.99. The van der Waals surface area contributed by atoms with Crippen molar-refractivity contribution in [2.45, 2.75) is 17.4 Å². The second-order valence-electron chi connectivity index (χ2n) is 5.08. The Morgan fingerprint density at radius 1 is 1.17 bits per heavy atom. The Bertz CT molecular complexity index is 1040. The summed E-state index contributed by atoms with van der Waals surface area (Å²) in [4.78, 5) is 19.5. The minimum atomic E-state index is -0.162. The smallest absolute Gasteiger partial charge is 0.284 e. The fourth-order valence-corrected chi connectivity index (χ4v) is 3.00. The van der Waals surface area contributed by atoms with Crippen molar-refractivity contribution in [2.24, 2.45) is 0 Å². The highest BCUT2D eigenvalue weighted by Gasteiger charge is 2.17. The molecule has 7 nitrogen and oxygen atoms in total. The van der Waals surface area contributed by atoms with E-state index in [1.807, 2.05) is 25.1 Å². The van der Waals surface area contributed by atoms with Gasteiger partial charge in [-0.05, 0) is 31.2 Å². The Balaban J connectivity index is 1.60. The molecule has 0 spiro atoms. The number of para-hydroxylation sites is 1. The van der Waals surface area contributed by atoms with Crippen molar-refractivity contribution in [3.8, 4) is 11.7 Å². The third-order valence-electron chi connectivity index (χ3n) is 3.43. The van der Waals surface area contributed by atoms with Crippen LogP contribution in [0.4, 0.5) is 0 Å². The topological polar surface area (TPSA) is 97.8 Å². The van der Waals surface area contributed by atoms with E-state index in [1.54, 1.807) is 24.5 Å². The zero-order valence-corrected chi connectivity index (χ0v) is 13.4. The SMILES string of the molecule is C[C@H](Sc1nnc(-c2ccco2)o1)c1nc2ccccc2c(=O)[nH]1. The van der Waals surface area contributed by atoms with Crippen molar-refractivity contribution in [1.82, 2.24) is 20.2 Å². The molecule has 0 aliphatic carbocycles. The molecule has 0 radical (unpaired) electrons. The second kappa shape index (κ2) is 5.97. The number of fused-ring (bicyclic) bond motifs is 1. The van der Waals surface area contributed by atoms with E-state index in [0.29, 0.717) is 33.6 Å². The first kappa shape index (κ1) is 14.7. The summed E-state index contributed by atoms with van der Waals surface area (Å²) in [5.74, 6) is 1.38. The number of nitrogens with zero attached hydrogens (tertiary/aromatic N) is 3. The predicted molar refractivity (Wildman–Crippen MR) is 88.6 cm³/mol. The average Bonchev–Trinajstić information content (AvgIpc) is 3.26. The van der Waals surface area contributed by atoms with Crippen LogP contribution in [-0.4, -0.2) is 20.2 Å². The fraction of sp³-hybridized carbons (Fsp3) is 0.125. The van der Waals surface area contributed by atoms with Crippen LogP contribution in [0.5, 0.6) is 0 Å². The lowest BCUT2D eigenvalue weighted by Gasteiger charge is -2.08. The van der Waals surface area contributed by atoms with Crippen LogP contribution in [0.2, 0.25) is 0 Å². The molecule has 0 saturated heterocycles. The molecule has 24 heavy (non-hydrogen) atoms. The molecular formula is C16H12N4O3S. The zero-order valence-electron chi connectivity index (χ0n) is 12.6. The number of aromatic nitrogens is 4. The third kappa shape index (κ3) is 2.71. The van der Waals surface area contributed by atoms with Gasteiger partial charge in [0, 0.05) is 0 Å². The van der Waals surface area contributed by atoms with Crippen molar-refractivity contribution < 1.29 is 8.83 Å². The minimum absolute atomic E-state index is 0.160. The Kier molecular flexibility index (Phi) is 3.66. The Hall–Kier alpha value is -2.87. The van der Waals surface area contributed by atoms with Crippen LogP contribution >= 0.6 is 11.8 Å². The average molecular weight is 340 g/mol. The van der Waals surface area contributed by atoms with Gasteiger partial charge in [-0.15, -0.1) is 10.2 Å². The van der Waals surface area contributed by atoms with Gasteiger partial charge in [0.25, 0.3) is 16.7 Å². The minimum Gasteiger partial charge on any atom is -0.459 e. The Morgan fingerprint density at radius 3 is 2.88 bits per heavy atom. The van der Waals surface area contributed by atoms with Crippen molar-refractivity contribution in [3.05, 3.63) is 58.8 Å². The maximum atomic E-state index is 12.1. The number of hydrogen-bond donors (Lipinski definition) is 1. The van der Waals surface area contributed by atoms with Gasteiger partial charge in [-0.1, -0.05) is 23.9 Å². The van der Waals surface area contributed by atoms with E-state index in [-0.39, 0.29) is 10.8 Å². The summed E-state index contributed by atoms with van der Waals surface area (Å²) in [6.07, 6.45) is 1.54. The molecule has 0 aliphatic heterocycles. The van der Waals surface area contributed by atoms with E-state index in [0.717, 1.165) is 0 Å². The summed E-state index contributed by atoms with van der Waals surface area (Å²) >= 11 is 1.32. The van der Waals surface area contributed by atoms with Gasteiger partial charge in [0.15, 0.2) is 5.76 Å². The van der Waals surface area contributed by atoms with E-state index in [2.05, 4.69) is 20.2 Å². The highest BCUT2D eigenvalue weighted by atomic mass is 32.2. The predicted octanol–water partition coefficient (Wildman–Crippen LogP) is 3.42. The van der Waals surface area contributed by atoms with E-state index >= 15 is 0 Å². The number of thioether (sulfide) groups is 1. The van der Waals surface area contributed by atoms with Gasteiger partial charge in [0.1, 0.15) is 5.82 Å². The summed E-state index contributed by atoms with van der Waals surface area (Å²) in [6.45, 7) is 1.91. The second-order valence-corrected chi connectivity index (χ2v) is 6.37. The molecule has 0 aliphatic rings. The lowest BCUT2D eigenvalue weighted by atomic mass is 10.2. The summed E-state index contributed by atoms with van der Waals surface area (Å²) in [5.41, 5.74) is 0.496. The van der Waals surface area contributed by atoms with E-state index in [4.69, 9.17) is 8.83 Å². The molecule has 0 unspecified atom stereocenters. The van der Waals surface area contributed by atoms with Gasteiger partial charge < -0.3 is 13.8 Å². The molecule has 3 heterocycles. The molecule has 0 saturated carbocycles. The van der Waals surface area contributed by atoms with E-state index < -0.39 is 0 Å². The summed E-state index contributed by atoms with van der Waals surface area (Å²) < 4.78 is 10.8. The van der Waals surface area contributed by atoms with Crippen LogP contribution in [0.25, 0.3) is 22.6 Å². The first-order valence-corrected chi connectivity index (χ1v) is 8.11. The molecule has 0 fully saturated rings. The highest BCUT2D eigenvalue weighted by Crippen LogP contribution is 2.33. The summed E-state index contributed by atoms with van der Waals surface area (Å²) in [5, 5.41) is 8.72. The number of furan rings is 1. The van der Waals surface area contributed by atoms with Crippen molar-refractivity contribution in [2.75, 3.05) is 0 Å². The van der Waals surface area contributed by atoms with Crippen molar-refractivity contribution >= 4 is 22.7 Å². The molecule has 3 aromatic heterocycles. The number of benzene rings is 1. The van der Waals surface area contributed by atoms with Crippen molar-refractivity contribution in [3.63, 3.8) is 0 Å². The van der Waals surface area contributed by atoms with Gasteiger partial charge in [-0.3, -0.25) is 4.79 Å². The maximum absolute atomic E-state index is 12.1. The maximum Gasteiger partial charge on any atom is 0.284 e. The van der Waals surface area contributed by atoms with Gasteiger partial charge in [-0.2, -0.15) is 0 Å². The van der Waals surface area contributed by atoms with E-state index in [1.165, 1.54) is 11.8 Å². The molecule has 4 rings (SSSR count). The van der Waals surface area contributed by atoms with E-state index in [9.17, 15) is 4.79 Å². The van der Waals surface area contributed by atoms with Crippen LogP contribution in [0.3, 0.4) is 0 Å². The fourth-order valence-electron chi connectivity index (χ4n) is 2.26. The van der Waals surface area contributed by atoms with Gasteiger partial charge in [0.05, 0.1) is 22.4 Å². The summed E-state index contributed by atoms with van der Waals surface area (Å²) in [6, 6.07) is 10.7. The largest absolute Gasteiger partial charge is 0.459 e. The van der Waals surface area contributed by atoms with Crippen LogP contribution in [0.15, 0.2) is 61.5 Å². The first-order valence-electron chi connectivity index (χ1n) is 7.24. The quantitative estimate of drug-likeness (QED) is 0.568. The van der Waals surface area contributed by atoms with Gasteiger partial charge in [-0.25, -0.2) is 4.98 Å². The van der Waals surface area contributed by atoms with Gasteiger partial charge >= 0.3 is 0 Å². The molecule has 0 amide bonds. The normalized spacial score (nSPS) is 12.5. The van der Waals surface area contributed by atoms with Crippen LogP contribution in [0, 0.1) is 0 Å². The number of aromatic amines is 1. The number of nitrogens with one attached hydrogen (secondary N) is 1. The molecule has 4 aromatic rings. The molecule has 120 valence electrons. The zero-order chi connectivity index (χ0) is 16.5. The third-order valence-corrected chi connectivity index (χ3v) is 4.38. The van der Waals surface area contributed by atoms with Crippen molar-refractivity contribution in [1.29, 1.82) is 0 Å². The number of H-pyrrole nitrogens is 1. The van der Waals surface area contributed by atoms with Crippen LogP contribution < -0.4 is 5.56 Å². The van der Waals surface area contributed by atoms with Crippen LogP contribution in [-0.2, 0) is 0 Å². The van der Waals surface area contributed by atoms with Crippen LogP contribution in [0.1, 0.15) is 18.0 Å². The standard InChI is InChI=1S/C16H12N4O3S/c1-9(13-17-11-6-3-2-5-10(11)14(21)18-13)24-16-20-19-15(23-16)12-7-4-8-22-12/h2-9H,1H3,(H,17,18,21)/t9-/m0/s1. The molecule has 1 atom stereocenters. The Morgan fingerprint density at radius 2 is 2.04 bits per heavy atom. The molecule has 0 bridgehead atoms.